The largest absolute Gasteiger partial charge is 0.300 e. The zero-order chi connectivity index (χ0) is 6.27. The highest BCUT2D eigenvalue weighted by atomic mass is 35.5. The van der Waals surface area contributed by atoms with E-state index in [1.165, 1.54) is 32.1 Å². The maximum atomic E-state index is 2.59. The van der Waals surface area contributed by atoms with Gasteiger partial charge in [-0.1, -0.05) is 6.42 Å². The van der Waals surface area contributed by atoms with E-state index in [0.29, 0.717) is 0 Å². The summed E-state index contributed by atoms with van der Waals surface area (Å²) >= 11 is 0. The summed E-state index contributed by atoms with van der Waals surface area (Å²) in [5, 5.41) is 0. The molecule has 0 amide bonds. The lowest BCUT2D eigenvalue weighted by Crippen LogP contribution is -2.35. The van der Waals surface area contributed by atoms with Gasteiger partial charge >= 0.3 is 0 Å². The maximum absolute atomic E-state index is 2.59. The Balaban J connectivity index is 0.000000500. The number of rotatable bonds is 0. The second-order valence-electron chi connectivity index (χ2n) is 3.48. The number of fused-ring (bicyclic) bond motifs is 2. The molecule has 2 bridgehead atoms. The van der Waals surface area contributed by atoms with Gasteiger partial charge in [0.1, 0.15) is 0 Å². The molecule has 1 nitrogen and oxygen atoms in total. The fraction of sp³-hybridized carbons (Fsp3) is 1.00. The number of halogens is 1. The van der Waals surface area contributed by atoms with Crippen LogP contribution < -0.4 is 0 Å². The molecular weight excluding hydrogens is 146 g/mol. The Morgan fingerprint density at radius 1 is 1.00 bits per heavy atom. The van der Waals surface area contributed by atoms with E-state index in [4.69, 9.17) is 0 Å². The molecule has 0 aliphatic carbocycles. The van der Waals surface area contributed by atoms with Crippen molar-refractivity contribution in [1.29, 1.82) is 0 Å². The van der Waals surface area contributed by atoms with E-state index in [1.54, 1.807) is 0 Å². The lowest BCUT2D eigenvalue weighted by molar-refractivity contribution is 0.179. The smallest absolute Gasteiger partial charge is 0.00957 e. The van der Waals surface area contributed by atoms with Crippen LogP contribution in [-0.4, -0.2) is 24.0 Å². The summed E-state index contributed by atoms with van der Waals surface area (Å²) in [6.07, 6.45) is 7.36. The molecule has 2 unspecified atom stereocenters. The van der Waals surface area contributed by atoms with Crippen LogP contribution in [0.4, 0.5) is 0 Å². The van der Waals surface area contributed by atoms with E-state index in [-0.39, 0.29) is 12.4 Å². The first-order valence-electron chi connectivity index (χ1n) is 4.10. The van der Waals surface area contributed by atoms with Crippen LogP contribution in [0.3, 0.4) is 0 Å². The van der Waals surface area contributed by atoms with Crippen molar-refractivity contribution in [2.75, 3.05) is 7.05 Å². The number of nitrogens with zero attached hydrogens (tertiary/aromatic N) is 1. The Bertz CT molecular complexity index is 99.8. The molecule has 60 valence electrons. The first-order valence-corrected chi connectivity index (χ1v) is 4.10. The highest BCUT2D eigenvalue weighted by Crippen LogP contribution is 2.33. The molecule has 0 aromatic carbocycles. The van der Waals surface area contributed by atoms with Gasteiger partial charge < -0.3 is 4.90 Å². The molecule has 0 saturated carbocycles. The Hall–Kier alpha value is 0.250. The van der Waals surface area contributed by atoms with Crippen molar-refractivity contribution in [2.24, 2.45) is 0 Å². The zero-order valence-corrected chi connectivity index (χ0v) is 7.36. The summed E-state index contributed by atoms with van der Waals surface area (Å²) in [7, 11) is 2.29. The zero-order valence-electron chi connectivity index (χ0n) is 6.55. The minimum absolute atomic E-state index is 0. The van der Waals surface area contributed by atoms with Crippen LogP contribution in [0, 0.1) is 0 Å². The minimum atomic E-state index is 0. The Kier molecular flexibility index (Phi) is 2.59. The topological polar surface area (TPSA) is 3.24 Å². The van der Waals surface area contributed by atoms with Crippen LogP contribution in [0.2, 0.25) is 0 Å². The van der Waals surface area contributed by atoms with E-state index in [9.17, 15) is 0 Å². The second kappa shape index (κ2) is 3.10. The van der Waals surface area contributed by atoms with Crippen LogP contribution in [0.5, 0.6) is 0 Å². The molecule has 2 heterocycles. The number of piperidine rings is 1. The third kappa shape index (κ3) is 1.17. The van der Waals surface area contributed by atoms with Gasteiger partial charge in [0.15, 0.2) is 0 Å². The van der Waals surface area contributed by atoms with Crippen molar-refractivity contribution in [2.45, 2.75) is 44.2 Å². The van der Waals surface area contributed by atoms with Crippen molar-refractivity contribution < 1.29 is 0 Å². The second-order valence-corrected chi connectivity index (χ2v) is 3.48. The van der Waals surface area contributed by atoms with Gasteiger partial charge in [-0.3, -0.25) is 0 Å². The monoisotopic (exact) mass is 161 g/mol. The first-order chi connectivity index (χ1) is 4.38. The highest BCUT2D eigenvalue weighted by Gasteiger charge is 2.33. The van der Waals surface area contributed by atoms with E-state index in [0.717, 1.165) is 12.1 Å². The molecule has 2 aliphatic heterocycles. The van der Waals surface area contributed by atoms with E-state index >= 15 is 0 Å². The summed E-state index contributed by atoms with van der Waals surface area (Å²) in [4.78, 5) is 2.59. The van der Waals surface area contributed by atoms with Gasteiger partial charge in [0.25, 0.3) is 0 Å². The Labute approximate surface area is 69.2 Å². The molecule has 2 rings (SSSR count). The molecule has 2 aliphatic rings. The lowest BCUT2D eigenvalue weighted by atomic mass is 10.0. The third-order valence-corrected chi connectivity index (χ3v) is 3.06. The SMILES string of the molecule is CN1C2CCCC1CC2.Cl. The highest BCUT2D eigenvalue weighted by molar-refractivity contribution is 5.85. The molecule has 2 saturated heterocycles. The standard InChI is InChI=1S/C8H15N.ClH/c1-9-7-3-2-4-8(9)6-5-7;/h7-8H,2-6H2,1H3;1H. The van der Waals surface area contributed by atoms with Crippen LogP contribution in [-0.2, 0) is 0 Å². The van der Waals surface area contributed by atoms with E-state index < -0.39 is 0 Å². The quantitative estimate of drug-likeness (QED) is 0.526. The van der Waals surface area contributed by atoms with Crippen molar-refractivity contribution in [3.05, 3.63) is 0 Å². The molecule has 0 aromatic heterocycles. The van der Waals surface area contributed by atoms with Crippen molar-refractivity contribution in [1.82, 2.24) is 4.90 Å². The fourth-order valence-corrected chi connectivity index (χ4v) is 2.38. The molecule has 10 heavy (non-hydrogen) atoms. The normalized spacial score (nSPS) is 39.3. The number of hydrogen-bond donors (Lipinski definition) is 0. The van der Waals surface area contributed by atoms with Crippen LogP contribution >= 0.6 is 12.4 Å². The minimum Gasteiger partial charge on any atom is -0.300 e. The van der Waals surface area contributed by atoms with Crippen molar-refractivity contribution in [3.8, 4) is 0 Å². The average Bonchev–Trinajstić information content (AvgIpc) is 2.19. The third-order valence-electron chi connectivity index (χ3n) is 3.06. The van der Waals surface area contributed by atoms with E-state index in [1.807, 2.05) is 0 Å². The van der Waals surface area contributed by atoms with Crippen LogP contribution in [0.1, 0.15) is 32.1 Å². The lowest BCUT2D eigenvalue weighted by Gasteiger charge is -2.30. The molecule has 0 spiro atoms. The predicted octanol–water partition coefficient (Wildman–Crippen LogP) is 2.05. The molecule has 2 heteroatoms. The molecule has 0 radical (unpaired) electrons. The predicted molar refractivity (Wildman–Crippen MR) is 45.7 cm³/mol. The van der Waals surface area contributed by atoms with Gasteiger partial charge in [-0.15, -0.1) is 12.4 Å². The maximum Gasteiger partial charge on any atom is 0.00957 e. The van der Waals surface area contributed by atoms with Gasteiger partial charge in [0.2, 0.25) is 0 Å². The first kappa shape index (κ1) is 8.35. The fourth-order valence-electron chi connectivity index (χ4n) is 2.38. The Morgan fingerprint density at radius 2 is 1.50 bits per heavy atom. The van der Waals surface area contributed by atoms with Crippen molar-refractivity contribution in [3.63, 3.8) is 0 Å². The van der Waals surface area contributed by atoms with Gasteiger partial charge in [-0.2, -0.15) is 0 Å². The Morgan fingerprint density at radius 3 is 1.90 bits per heavy atom. The molecule has 2 atom stereocenters. The summed E-state index contributed by atoms with van der Waals surface area (Å²) in [6.45, 7) is 0. The summed E-state index contributed by atoms with van der Waals surface area (Å²) < 4.78 is 0. The van der Waals surface area contributed by atoms with Gasteiger partial charge in [-0.25, -0.2) is 0 Å². The molecule has 2 fully saturated rings. The molecule has 0 aromatic rings. The van der Waals surface area contributed by atoms with Crippen molar-refractivity contribution >= 4 is 12.4 Å². The van der Waals surface area contributed by atoms with E-state index in [2.05, 4.69) is 11.9 Å². The van der Waals surface area contributed by atoms with Gasteiger partial charge in [-0.05, 0) is 32.7 Å². The van der Waals surface area contributed by atoms with Gasteiger partial charge in [0.05, 0.1) is 0 Å². The summed E-state index contributed by atoms with van der Waals surface area (Å²) in [5.74, 6) is 0. The average molecular weight is 162 g/mol. The molecule has 0 N–H and O–H groups in total. The van der Waals surface area contributed by atoms with Crippen LogP contribution in [0.15, 0.2) is 0 Å². The van der Waals surface area contributed by atoms with Crippen LogP contribution in [0.25, 0.3) is 0 Å². The summed E-state index contributed by atoms with van der Waals surface area (Å²) in [5.41, 5.74) is 0. The van der Waals surface area contributed by atoms with Gasteiger partial charge in [0, 0.05) is 12.1 Å². The number of hydrogen-bond acceptors (Lipinski definition) is 1. The summed E-state index contributed by atoms with van der Waals surface area (Å²) in [6, 6.07) is 1.92. The molecular formula is C8H16ClN.